The minimum absolute atomic E-state index is 0.0363. The number of carboxylic acids is 1. The largest absolute Gasteiger partial charge is 0.478 e. The number of carboxylic acid groups (broad SMARTS) is 1. The van der Waals surface area contributed by atoms with E-state index in [4.69, 9.17) is 16.7 Å². The molecule has 0 aromatic heterocycles. The molecule has 0 saturated heterocycles. The number of anilines is 1. The number of nitrogens with one attached hydrogen (secondary N) is 1. The van der Waals surface area contributed by atoms with Crippen molar-refractivity contribution in [1.82, 2.24) is 0 Å². The summed E-state index contributed by atoms with van der Waals surface area (Å²) < 4.78 is 26.5. The Hall–Kier alpha value is -2.05. The van der Waals surface area contributed by atoms with Crippen LogP contribution in [0.5, 0.6) is 0 Å². The quantitative estimate of drug-likeness (QED) is 0.909. The van der Waals surface area contributed by atoms with E-state index in [2.05, 4.69) is 4.72 Å². The first-order valence-corrected chi connectivity index (χ1v) is 7.37. The predicted octanol–water partition coefficient (Wildman–Crippen LogP) is 2.84. The average Bonchev–Trinajstić information content (AvgIpc) is 2.41. The van der Waals surface area contributed by atoms with Crippen LogP contribution in [0.2, 0.25) is 5.02 Å². The lowest BCUT2D eigenvalue weighted by Crippen LogP contribution is -2.15. The molecule has 0 atom stereocenters. The van der Waals surface area contributed by atoms with Gasteiger partial charge < -0.3 is 5.11 Å². The number of hydrogen-bond acceptors (Lipinski definition) is 3. The smallest absolute Gasteiger partial charge is 0.337 e. The van der Waals surface area contributed by atoms with Crippen LogP contribution in [0.25, 0.3) is 0 Å². The van der Waals surface area contributed by atoms with Crippen molar-refractivity contribution in [2.75, 3.05) is 4.72 Å². The Balaban J connectivity index is 2.43. The van der Waals surface area contributed by atoms with Gasteiger partial charge in [0.25, 0.3) is 10.0 Å². The van der Waals surface area contributed by atoms with Gasteiger partial charge in [-0.15, -0.1) is 0 Å². The van der Waals surface area contributed by atoms with E-state index in [0.717, 1.165) is 0 Å². The SMILES string of the molecule is O=C(O)c1cc(Cl)ccc1NS(=O)(=O)c1ccccc1. The molecule has 2 aromatic carbocycles. The van der Waals surface area contributed by atoms with Gasteiger partial charge in [0.05, 0.1) is 16.1 Å². The third kappa shape index (κ3) is 3.09. The molecule has 7 heteroatoms. The molecule has 0 fully saturated rings. The fourth-order valence-corrected chi connectivity index (χ4v) is 2.86. The van der Waals surface area contributed by atoms with Crippen LogP contribution in [0.1, 0.15) is 10.4 Å². The zero-order valence-corrected chi connectivity index (χ0v) is 11.6. The van der Waals surface area contributed by atoms with E-state index in [1.165, 1.54) is 30.3 Å². The molecule has 0 saturated carbocycles. The number of aromatic carboxylic acids is 1. The van der Waals surface area contributed by atoms with E-state index in [1.807, 2.05) is 0 Å². The van der Waals surface area contributed by atoms with Crippen LogP contribution >= 0.6 is 11.6 Å². The molecule has 104 valence electrons. The first-order valence-electron chi connectivity index (χ1n) is 5.51. The molecule has 5 nitrogen and oxygen atoms in total. The van der Waals surface area contributed by atoms with Crippen molar-refractivity contribution in [1.29, 1.82) is 0 Å². The van der Waals surface area contributed by atoms with Crippen LogP contribution in [0.4, 0.5) is 5.69 Å². The second kappa shape index (κ2) is 5.52. The first kappa shape index (κ1) is 14.4. The molecule has 0 aliphatic rings. The maximum Gasteiger partial charge on any atom is 0.337 e. The minimum atomic E-state index is -3.84. The highest BCUT2D eigenvalue weighted by Gasteiger charge is 2.18. The molecule has 0 radical (unpaired) electrons. The van der Waals surface area contributed by atoms with Gasteiger partial charge in [0, 0.05) is 5.02 Å². The summed E-state index contributed by atoms with van der Waals surface area (Å²) in [5.74, 6) is -1.27. The third-order valence-corrected chi connectivity index (χ3v) is 4.13. The zero-order valence-electron chi connectivity index (χ0n) is 10.1. The molecular weight excluding hydrogens is 302 g/mol. The van der Waals surface area contributed by atoms with Gasteiger partial charge in [0.1, 0.15) is 0 Å². The standard InChI is InChI=1S/C13H10ClNO4S/c14-9-6-7-12(11(8-9)13(16)17)15-20(18,19)10-4-2-1-3-5-10/h1-8,15H,(H,16,17). The lowest BCUT2D eigenvalue weighted by molar-refractivity contribution is 0.0698. The topological polar surface area (TPSA) is 83.5 Å². The summed E-state index contributed by atoms with van der Waals surface area (Å²) in [6, 6.07) is 11.6. The van der Waals surface area contributed by atoms with Gasteiger partial charge in [-0.05, 0) is 30.3 Å². The molecule has 0 aliphatic heterocycles. The van der Waals surface area contributed by atoms with Crippen LogP contribution in [0.15, 0.2) is 53.4 Å². The second-order valence-corrected chi connectivity index (χ2v) is 6.03. The van der Waals surface area contributed by atoms with E-state index in [0.29, 0.717) is 0 Å². The van der Waals surface area contributed by atoms with Crippen LogP contribution in [0.3, 0.4) is 0 Å². The highest BCUT2D eigenvalue weighted by Crippen LogP contribution is 2.23. The molecule has 0 heterocycles. The van der Waals surface area contributed by atoms with Gasteiger partial charge >= 0.3 is 5.97 Å². The normalized spacial score (nSPS) is 11.1. The number of hydrogen-bond donors (Lipinski definition) is 2. The Morgan fingerprint density at radius 3 is 2.35 bits per heavy atom. The van der Waals surface area contributed by atoms with Gasteiger partial charge in [0.2, 0.25) is 0 Å². The third-order valence-electron chi connectivity index (χ3n) is 2.51. The number of benzene rings is 2. The highest BCUT2D eigenvalue weighted by molar-refractivity contribution is 7.92. The molecule has 0 amide bonds. The van der Waals surface area contributed by atoms with Crippen LogP contribution in [-0.2, 0) is 10.0 Å². The van der Waals surface area contributed by atoms with Crippen molar-refractivity contribution in [2.45, 2.75) is 4.90 Å². The van der Waals surface area contributed by atoms with E-state index >= 15 is 0 Å². The van der Waals surface area contributed by atoms with Crippen molar-refractivity contribution in [3.63, 3.8) is 0 Å². The summed E-state index contributed by atoms with van der Waals surface area (Å²) in [6.45, 7) is 0. The van der Waals surface area contributed by atoms with Crippen molar-refractivity contribution < 1.29 is 18.3 Å². The zero-order chi connectivity index (χ0) is 14.8. The monoisotopic (exact) mass is 311 g/mol. The lowest BCUT2D eigenvalue weighted by atomic mass is 10.2. The number of carbonyl (C=O) groups is 1. The van der Waals surface area contributed by atoms with Crippen molar-refractivity contribution in [3.05, 3.63) is 59.1 Å². The molecule has 2 aromatic rings. The molecule has 20 heavy (non-hydrogen) atoms. The Labute approximate surface area is 120 Å². The summed E-state index contributed by atoms with van der Waals surface area (Å²) in [5.41, 5.74) is -0.247. The van der Waals surface area contributed by atoms with Gasteiger partial charge in [-0.25, -0.2) is 13.2 Å². The van der Waals surface area contributed by atoms with Gasteiger partial charge in [-0.3, -0.25) is 4.72 Å². The fraction of sp³-hybridized carbons (Fsp3) is 0. The summed E-state index contributed by atoms with van der Waals surface area (Å²) in [6.07, 6.45) is 0. The van der Waals surface area contributed by atoms with Crippen molar-refractivity contribution in [2.24, 2.45) is 0 Å². The Morgan fingerprint density at radius 2 is 1.75 bits per heavy atom. The van der Waals surface area contributed by atoms with Crippen LogP contribution in [0, 0.1) is 0 Å². The minimum Gasteiger partial charge on any atom is -0.478 e. The number of sulfonamides is 1. The average molecular weight is 312 g/mol. The fourth-order valence-electron chi connectivity index (χ4n) is 1.59. The summed E-state index contributed by atoms with van der Waals surface area (Å²) in [5, 5.41) is 9.28. The molecule has 0 unspecified atom stereocenters. The second-order valence-electron chi connectivity index (χ2n) is 3.91. The summed E-state index contributed by atoms with van der Waals surface area (Å²) >= 11 is 5.71. The van der Waals surface area contributed by atoms with Crippen LogP contribution < -0.4 is 4.72 Å². The number of rotatable bonds is 4. The molecule has 0 spiro atoms. The summed E-state index contributed by atoms with van der Waals surface area (Å²) in [7, 11) is -3.84. The van der Waals surface area contributed by atoms with Crippen molar-refractivity contribution >= 4 is 33.3 Å². The van der Waals surface area contributed by atoms with Crippen molar-refractivity contribution in [3.8, 4) is 0 Å². The molecule has 0 bridgehead atoms. The van der Waals surface area contributed by atoms with Gasteiger partial charge in [0.15, 0.2) is 0 Å². The molecular formula is C13H10ClNO4S. The molecule has 2 rings (SSSR count). The number of halogens is 1. The summed E-state index contributed by atoms with van der Waals surface area (Å²) in [4.78, 5) is 11.2. The Bertz CT molecular complexity index is 744. The predicted molar refractivity (Wildman–Crippen MR) is 75.7 cm³/mol. The lowest BCUT2D eigenvalue weighted by Gasteiger charge is -2.10. The van der Waals surface area contributed by atoms with Crippen LogP contribution in [-0.4, -0.2) is 19.5 Å². The highest BCUT2D eigenvalue weighted by atomic mass is 35.5. The van der Waals surface area contributed by atoms with E-state index in [9.17, 15) is 13.2 Å². The Morgan fingerprint density at radius 1 is 1.10 bits per heavy atom. The van der Waals surface area contributed by atoms with E-state index < -0.39 is 16.0 Å². The molecule has 2 N–H and O–H groups in total. The Kier molecular flexibility index (Phi) is 3.96. The van der Waals surface area contributed by atoms with Gasteiger partial charge in [-0.1, -0.05) is 29.8 Å². The molecule has 0 aliphatic carbocycles. The van der Waals surface area contributed by atoms with Gasteiger partial charge in [-0.2, -0.15) is 0 Å². The first-order chi connectivity index (χ1) is 9.40. The van der Waals surface area contributed by atoms with E-state index in [1.54, 1.807) is 18.2 Å². The maximum absolute atomic E-state index is 12.1. The maximum atomic E-state index is 12.1. The van der Waals surface area contributed by atoms with E-state index in [-0.39, 0.29) is 21.2 Å².